The summed E-state index contributed by atoms with van der Waals surface area (Å²) in [5, 5.41) is 0. The van der Waals surface area contributed by atoms with Gasteiger partial charge in [0.25, 0.3) is 0 Å². The zero-order valence-electron chi connectivity index (χ0n) is 12.8. The van der Waals surface area contributed by atoms with E-state index >= 15 is 0 Å². The fourth-order valence-electron chi connectivity index (χ4n) is 3.80. The third-order valence-electron chi connectivity index (χ3n) is 4.90. The lowest BCUT2D eigenvalue weighted by Crippen LogP contribution is -2.42. The van der Waals surface area contributed by atoms with Crippen LogP contribution >= 0.6 is 0 Å². The third-order valence-corrected chi connectivity index (χ3v) is 4.90. The van der Waals surface area contributed by atoms with Gasteiger partial charge in [0.2, 0.25) is 0 Å². The summed E-state index contributed by atoms with van der Waals surface area (Å²) >= 11 is 0. The highest BCUT2D eigenvalue weighted by Gasteiger charge is 2.41. The molecule has 0 bridgehead atoms. The Labute approximate surface area is 122 Å². The highest BCUT2D eigenvalue weighted by molar-refractivity contribution is 5.39. The summed E-state index contributed by atoms with van der Waals surface area (Å²) in [5.74, 6) is 2.78. The van der Waals surface area contributed by atoms with E-state index in [2.05, 4.69) is 32.0 Å². The molecule has 2 nitrogen and oxygen atoms in total. The van der Waals surface area contributed by atoms with E-state index in [0.29, 0.717) is 0 Å². The predicted octanol–water partition coefficient (Wildman–Crippen LogP) is 4.23. The summed E-state index contributed by atoms with van der Waals surface area (Å²) in [7, 11) is 0. The number of nitrogens with two attached hydrogens (primary N) is 1. The topological polar surface area (TPSA) is 35.2 Å². The predicted molar refractivity (Wildman–Crippen MR) is 82.8 cm³/mol. The maximum absolute atomic E-state index is 6.83. The molecule has 3 rings (SSSR count). The Bertz CT molecular complexity index is 466. The number of ether oxygens (including phenoxy) is 1. The highest BCUT2D eigenvalue weighted by atomic mass is 16.5. The van der Waals surface area contributed by atoms with Gasteiger partial charge in [0.05, 0.1) is 6.10 Å². The molecule has 0 heterocycles. The average Bonchev–Trinajstić information content (AvgIpc) is 3.23. The summed E-state index contributed by atoms with van der Waals surface area (Å²) in [5.41, 5.74) is 7.87. The number of rotatable bonds is 4. The van der Waals surface area contributed by atoms with Crippen molar-refractivity contribution >= 4 is 0 Å². The van der Waals surface area contributed by atoms with E-state index in [1.165, 1.54) is 31.2 Å². The van der Waals surface area contributed by atoms with E-state index in [0.717, 1.165) is 30.4 Å². The summed E-state index contributed by atoms with van der Waals surface area (Å²) in [6.07, 6.45) is 7.90. The lowest BCUT2D eigenvalue weighted by atomic mass is 9.71. The van der Waals surface area contributed by atoms with E-state index in [9.17, 15) is 0 Å². The molecule has 2 aliphatic rings. The van der Waals surface area contributed by atoms with E-state index in [-0.39, 0.29) is 11.6 Å². The molecule has 110 valence electrons. The summed E-state index contributed by atoms with van der Waals surface area (Å²) in [4.78, 5) is 0. The zero-order chi connectivity index (χ0) is 14.2. The third kappa shape index (κ3) is 2.85. The van der Waals surface area contributed by atoms with Crippen molar-refractivity contribution in [3.05, 3.63) is 29.8 Å². The average molecular weight is 273 g/mol. The highest BCUT2D eigenvalue weighted by Crippen LogP contribution is 2.49. The summed E-state index contributed by atoms with van der Waals surface area (Å²) in [6, 6.07) is 8.39. The minimum Gasteiger partial charge on any atom is -0.491 e. The van der Waals surface area contributed by atoms with Crippen LogP contribution in [0.25, 0.3) is 0 Å². The maximum Gasteiger partial charge on any atom is 0.124 e. The van der Waals surface area contributed by atoms with Crippen LogP contribution in [0.1, 0.15) is 57.9 Å². The smallest absolute Gasteiger partial charge is 0.124 e. The number of hydrogen-bond donors (Lipinski definition) is 1. The van der Waals surface area contributed by atoms with Crippen LogP contribution in [0.4, 0.5) is 0 Å². The largest absolute Gasteiger partial charge is 0.491 e. The van der Waals surface area contributed by atoms with E-state index in [4.69, 9.17) is 10.5 Å². The lowest BCUT2D eigenvalue weighted by molar-refractivity contribution is 0.190. The molecular weight excluding hydrogens is 246 g/mol. The van der Waals surface area contributed by atoms with Crippen LogP contribution in [0.5, 0.6) is 5.75 Å². The molecule has 0 radical (unpaired) electrons. The van der Waals surface area contributed by atoms with Crippen molar-refractivity contribution < 1.29 is 4.74 Å². The van der Waals surface area contributed by atoms with E-state index < -0.39 is 0 Å². The molecule has 0 aromatic heterocycles. The second kappa shape index (κ2) is 5.40. The lowest BCUT2D eigenvalue weighted by Gasteiger charge is -2.39. The van der Waals surface area contributed by atoms with Crippen LogP contribution in [0, 0.1) is 11.8 Å². The van der Waals surface area contributed by atoms with Gasteiger partial charge in [0.15, 0.2) is 0 Å². The van der Waals surface area contributed by atoms with E-state index in [1.54, 1.807) is 0 Å². The van der Waals surface area contributed by atoms with Crippen molar-refractivity contribution in [3.63, 3.8) is 0 Å². The fraction of sp³-hybridized carbons (Fsp3) is 0.667. The SMILES string of the molecule is CC(C)Oc1ccccc1C1(N)CCCC(C2CC2)C1. The molecule has 2 atom stereocenters. The normalized spacial score (nSPS) is 30.5. The number of para-hydroxylation sites is 1. The van der Waals surface area contributed by atoms with Crippen LogP contribution < -0.4 is 10.5 Å². The first-order chi connectivity index (χ1) is 9.58. The Balaban J connectivity index is 1.86. The van der Waals surface area contributed by atoms with Gasteiger partial charge in [0.1, 0.15) is 5.75 Å². The van der Waals surface area contributed by atoms with Crippen molar-refractivity contribution in [2.24, 2.45) is 17.6 Å². The van der Waals surface area contributed by atoms with Gasteiger partial charge < -0.3 is 10.5 Å². The van der Waals surface area contributed by atoms with Crippen LogP contribution in [0.2, 0.25) is 0 Å². The van der Waals surface area contributed by atoms with Gasteiger partial charge in [-0.1, -0.05) is 31.0 Å². The standard InChI is InChI=1S/C18H27NO/c1-13(2)20-17-8-4-3-7-16(17)18(19)11-5-6-15(12-18)14-9-10-14/h3-4,7-8,13-15H,5-6,9-12,19H2,1-2H3. The molecule has 1 aromatic carbocycles. The Morgan fingerprint density at radius 3 is 2.60 bits per heavy atom. The van der Waals surface area contributed by atoms with Crippen LogP contribution in [-0.2, 0) is 5.54 Å². The van der Waals surface area contributed by atoms with Gasteiger partial charge in [-0.25, -0.2) is 0 Å². The van der Waals surface area contributed by atoms with Gasteiger partial charge in [-0.2, -0.15) is 0 Å². The zero-order valence-corrected chi connectivity index (χ0v) is 12.8. The molecule has 2 heteroatoms. The Morgan fingerprint density at radius 1 is 1.15 bits per heavy atom. The van der Waals surface area contributed by atoms with Crippen molar-refractivity contribution in [2.75, 3.05) is 0 Å². The van der Waals surface area contributed by atoms with Crippen molar-refractivity contribution in [3.8, 4) is 5.75 Å². The minimum atomic E-state index is -0.184. The van der Waals surface area contributed by atoms with Gasteiger partial charge in [0, 0.05) is 11.1 Å². The van der Waals surface area contributed by atoms with Gasteiger partial charge in [-0.3, -0.25) is 0 Å². The first-order valence-corrected chi connectivity index (χ1v) is 8.13. The number of hydrogen-bond acceptors (Lipinski definition) is 2. The molecule has 2 fully saturated rings. The minimum absolute atomic E-state index is 0.184. The summed E-state index contributed by atoms with van der Waals surface area (Å²) < 4.78 is 6.00. The molecule has 2 saturated carbocycles. The van der Waals surface area contributed by atoms with Crippen LogP contribution in [0.15, 0.2) is 24.3 Å². The first-order valence-electron chi connectivity index (χ1n) is 8.13. The molecule has 0 saturated heterocycles. The molecule has 0 amide bonds. The molecule has 0 spiro atoms. The Hall–Kier alpha value is -1.02. The monoisotopic (exact) mass is 273 g/mol. The summed E-state index contributed by atoms with van der Waals surface area (Å²) in [6.45, 7) is 4.15. The van der Waals surface area contributed by atoms with Crippen molar-refractivity contribution in [1.82, 2.24) is 0 Å². The second-order valence-corrected chi connectivity index (χ2v) is 7.01. The van der Waals surface area contributed by atoms with Crippen molar-refractivity contribution in [2.45, 2.75) is 64.0 Å². The second-order valence-electron chi connectivity index (χ2n) is 7.01. The molecular formula is C18H27NO. The molecule has 2 aliphatic carbocycles. The van der Waals surface area contributed by atoms with E-state index in [1.807, 2.05) is 6.07 Å². The van der Waals surface area contributed by atoms with Gasteiger partial charge in [-0.05, 0) is 57.4 Å². The molecule has 2 N–H and O–H groups in total. The quantitative estimate of drug-likeness (QED) is 0.891. The maximum atomic E-state index is 6.83. The molecule has 0 aliphatic heterocycles. The Morgan fingerprint density at radius 2 is 1.90 bits per heavy atom. The molecule has 2 unspecified atom stereocenters. The Kier molecular flexibility index (Phi) is 3.76. The fourth-order valence-corrected chi connectivity index (χ4v) is 3.80. The molecule has 1 aromatic rings. The van der Waals surface area contributed by atoms with Crippen LogP contribution in [0.3, 0.4) is 0 Å². The van der Waals surface area contributed by atoms with Gasteiger partial charge >= 0.3 is 0 Å². The van der Waals surface area contributed by atoms with Crippen LogP contribution in [-0.4, -0.2) is 6.10 Å². The first kappa shape index (κ1) is 13.9. The van der Waals surface area contributed by atoms with Gasteiger partial charge in [-0.15, -0.1) is 0 Å². The number of benzene rings is 1. The van der Waals surface area contributed by atoms with Crippen molar-refractivity contribution in [1.29, 1.82) is 0 Å². The molecule has 20 heavy (non-hydrogen) atoms.